The van der Waals surface area contributed by atoms with Gasteiger partial charge in [-0.3, -0.25) is 4.79 Å². The molecule has 0 aliphatic carbocycles. The highest BCUT2D eigenvalue weighted by atomic mass is 28.4. The Morgan fingerprint density at radius 1 is 1.20 bits per heavy atom. The molecule has 190 valence electrons. The first-order chi connectivity index (χ1) is 16.5. The Labute approximate surface area is 209 Å². The number of halogens is 1. The van der Waals surface area contributed by atoms with E-state index in [9.17, 15) is 14.0 Å². The van der Waals surface area contributed by atoms with Crippen molar-refractivity contribution in [2.24, 2.45) is 5.92 Å². The summed E-state index contributed by atoms with van der Waals surface area (Å²) in [5, 5.41) is 0.103. The Kier molecular flexibility index (Phi) is 8.83. The molecule has 0 bridgehead atoms. The molecular weight excluding hydrogens is 463 g/mol. The minimum Gasteiger partial charge on any atom is -0.447 e. The number of rotatable bonds is 10. The van der Waals surface area contributed by atoms with Gasteiger partial charge in [-0.05, 0) is 61.0 Å². The Balaban J connectivity index is 1.73. The number of hydrogen-bond acceptors (Lipinski definition) is 5. The zero-order valence-corrected chi connectivity index (χ0v) is 22.4. The monoisotopic (exact) mass is 500 g/mol. The van der Waals surface area contributed by atoms with E-state index in [0.717, 1.165) is 11.1 Å². The summed E-state index contributed by atoms with van der Waals surface area (Å²) in [6, 6.07) is 12.3. The van der Waals surface area contributed by atoms with Gasteiger partial charge in [0.25, 0.3) is 0 Å². The van der Waals surface area contributed by atoms with E-state index < -0.39 is 26.3 Å². The van der Waals surface area contributed by atoms with Crippen molar-refractivity contribution in [2.45, 2.75) is 70.6 Å². The van der Waals surface area contributed by atoms with Crippen LogP contribution in [0.3, 0.4) is 0 Å². The van der Waals surface area contributed by atoms with Gasteiger partial charge < -0.3 is 9.16 Å². The van der Waals surface area contributed by atoms with E-state index in [2.05, 4.69) is 38.8 Å². The van der Waals surface area contributed by atoms with E-state index >= 15 is 0 Å². The highest BCUT2D eigenvalue weighted by molar-refractivity contribution is 6.74. The molecule has 1 fully saturated rings. The Morgan fingerprint density at radius 2 is 1.91 bits per heavy atom. The maximum absolute atomic E-state index is 13.7. The average molecular weight is 501 g/mol. The molecule has 2 amide bonds. The fourth-order valence-corrected chi connectivity index (χ4v) is 5.05. The normalized spacial score (nSPS) is 17.4. The van der Waals surface area contributed by atoms with Crippen LogP contribution >= 0.6 is 0 Å². The number of carbonyl (C=O) groups is 2. The van der Waals surface area contributed by atoms with Gasteiger partial charge in [-0.1, -0.05) is 57.2 Å². The Bertz CT molecular complexity index is 992. The second kappa shape index (κ2) is 11.4. The first-order valence-electron chi connectivity index (χ1n) is 12.3. The summed E-state index contributed by atoms with van der Waals surface area (Å²) in [7, 11) is -1.90. The van der Waals surface area contributed by atoms with Crippen LogP contribution < -0.4 is 0 Å². The van der Waals surface area contributed by atoms with Crippen LogP contribution in [0, 0.1) is 11.9 Å². The number of ether oxygens (including phenoxy) is 1. The third-order valence-corrected chi connectivity index (χ3v) is 11.6. The summed E-state index contributed by atoms with van der Waals surface area (Å²) in [6.07, 6.45) is 2.99. The SMILES string of the molecule is CC(C)(C)[Si](C)(C)OCCC[C@@H](Cc1ccc(F)nc1)C(=O)N1C(=O)OC[C@H]1Cc1ccccc1. The van der Waals surface area contributed by atoms with E-state index in [1.165, 1.54) is 17.2 Å². The minimum absolute atomic E-state index is 0.103. The average Bonchev–Trinajstić information content (AvgIpc) is 3.16. The van der Waals surface area contributed by atoms with Gasteiger partial charge in [0.2, 0.25) is 11.9 Å². The number of cyclic esters (lactones) is 1. The van der Waals surface area contributed by atoms with Crippen molar-refractivity contribution in [1.29, 1.82) is 0 Å². The van der Waals surface area contributed by atoms with Crippen molar-refractivity contribution < 1.29 is 23.1 Å². The van der Waals surface area contributed by atoms with Crippen molar-refractivity contribution in [3.05, 3.63) is 65.7 Å². The number of imide groups is 1. The number of aromatic nitrogens is 1. The summed E-state index contributed by atoms with van der Waals surface area (Å²) in [5.41, 5.74) is 1.79. The number of amides is 2. The van der Waals surface area contributed by atoms with Gasteiger partial charge in [0.1, 0.15) is 6.61 Å². The molecule has 6 nitrogen and oxygen atoms in total. The molecule has 0 spiro atoms. The second-order valence-corrected chi connectivity index (χ2v) is 15.6. The molecule has 2 atom stereocenters. The minimum atomic E-state index is -1.90. The molecule has 0 radical (unpaired) electrons. The van der Waals surface area contributed by atoms with E-state index in [1.807, 2.05) is 30.3 Å². The zero-order chi connectivity index (χ0) is 25.6. The zero-order valence-electron chi connectivity index (χ0n) is 21.4. The smallest absolute Gasteiger partial charge is 0.416 e. The first kappa shape index (κ1) is 27.0. The number of pyridine rings is 1. The summed E-state index contributed by atoms with van der Waals surface area (Å²) in [6.45, 7) is 11.7. The van der Waals surface area contributed by atoms with Crippen molar-refractivity contribution >= 4 is 20.3 Å². The van der Waals surface area contributed by atoms with E-state index in [0.29, 0.717) is 32.3 Å². The van der Waals surface area contributed by atoms with E-state index in [1.54, 1.807) is 6.07 Å². The van der Waals surface area contributed by atoms with Crippen molar-refractivity contribution in [3.8, 4) is 0 Å². The summed E-state index contributed by atoms with van der Waals surface area (Å²) in [5.74, 6) is -1.29. The molecule has 1 aromatic carbocycles. The molecule has 2 aromatic rings. The molecule has 0 saturated carbocycles. The van der Waals surface area contributed by atoms with Crippen LogP contribution in [0.25, 0.3) is 0 Å². The maximum atomic E-state index is 13.7. The highest BCUT2D eigenvalue weighted by Gasteiger charge is 2.41. The first-order valence-corrected chi connectivity index (χ1v) is 15.2. The molecule has 3 rings (SSSR count). The van der Waals surface area contributed by atoms with Crippen LogP contribution in [0.15, 0.2) is 48.7 Å². The van der Waals surface area contributed by atoms with Crippen LogP contribution in [0.4, 0.5) is 9.18 Å². The molecule has 0 unspecified atom stereocenters. The Hall–Kier alpha value is -2.58. The standard InChI is InChI=1S/C27H37FN2O4Si/c1-27(2,3)35(4,5)34-15-9-12-22(16-21-13-14-24(28)29-18-21)25(31)30-23(19-33-26(30)32)17-20-10-7-6-8-11-20/h6-8,10-11,13-14,18,22-23H,9,12,15-17,19H2,1-5H3/t22-,23+/m0/s1. The molecule has 0 N–H and O–H groups in total. The molecule has 1 aliphatic heterocycles. The fraction of sp³-hybridized carbons (Fsp3) is 0.519. The summed E-state index contributed by atoms with van der Waals surface area (Å²) < 4.78 is 24.9. The van der Waals surface area contributed by atoms with Crippen LogP contribution in [0.2, 0.25) is 18.1 Å². The van der Waals surface area contributed by atoms with Gasteiger partial charge in [0.15, 0.2) is 8.32 Å². The predicted molar refractivity (Wildman–Crippen MR) is 136 cm³/mol. The van der Waals surface area contributed by atoms with Gasteiger partial charge in [-0.15, -0.1) is 0 Å². The molecule has 1 aromatic heterocycles. The lowest BCUT2D eigenvalue weighted by Crippen LogP contribution is -2.44. The number of nitrogens with zero attached hydrogens (tertiary/aromatic N) is 2. The maximum Gasteiger partial charge on any atom is 0.416 e. The number of carbonyl (C=O) groups excluding carboxylic acids is 2. The quantitative estimate of drug-likeness (QED) is 0.235. The fourth-order valence-electron chi connectivity index (χ4n) is 3.96. The molecule has 8 heteroatoms. The van der Waals surface area contributed by atoms with Crippen LogP contribution in [0.1, 0.15) is 44.7 Å². The van der Waals surface area contributed by atoms with Gasteiger partial charge in [-0.25, -0.2) is 14.7 Å². The van der Waals surface area contributed by atoms with Crippen molar-refractivity contribution in [1.82, 2.24) is 9.88 Å². The largest absolute Gasteiger partial charge is 0.447 e. The van der Waals surface area contributed by atoms with Gasteiger partial charge in [0.05, 0.1) is 6.04 Å². The van der Waals surface area contributed by atoms with Crippen molar-refractivity contribution in [3.63, 3.8) is 0 Å². The molecular formula is C27H37FN2O4Si. The molecule has 1 aliphatic rings. The topological polar surface area (TPSA) is 68.7 Å². The number of benzene rings is 1. The molecule has 2 heterocycles. The van der Waals surface area contributed by atoms with Crippen LogP contribution in [-0.2, 0) is 26.8 Å². The van der Waals surface area contributed by atoms with Crippen LogP contribution in [-0.4, -0.2) is 49.5 Å². The third-order valence-electron chi connectivity index (χ3n) is 7.10. The van der Waals surface area contributed by atoms with E-state index in [-0.39, 0.29) is 23.6 Å². The lowest BCUT2D eigenvalue weighted by Gasteiger charge is -2.36. The van der Waals surface area contributed by atoms with E-state index in [4.69, 9.17) is 9.16 Å². The predicted octanol–water partition coefficient (Wildman–Crippen LogP) is 5.77. The Morgan fingerprint density at radius 3 is 2.54 bits per heavy atom. The van der Waals surface area contributed by atoms with Gasteiger partial charge >= 0.3 is 6.09 Å². The molecule has 1 saturated heterocycles. The molecule has 35 heavy (non-hydrogen) atoms. The lowest BCUT2D eigenvalue weighted by atomic mass is 9.93. The van der Waals surface area contributed by atoms with Gasteiger partial charge in [-0.2, -0.15) is 4.39 Å². The number of hydrogen-bond donors (Lipinski definition) is 0. The summed E-state index contributed by atoms with van der Waals surface area (Å²) >= 11 is 0. The third kappa shape index (κ3) is 7.21. The van der Waals surface area contributed by atoms with Crippen LogP contribution in [0.5, 0.6) is 0 Å². The van der Waals surface area contributed by atoms with Crippen molar-refractivity contribution in [2.75, 3.05) is 13.2 Å². The lowest BCUT2D eigenvalue weighted by molar-refractivity contribution is -0.133. The summed E-state index contributed by atoms with van der Waals surface area (Å²) in [4.78, 5) is 31.3. The van der Waals surface area contributed by atoms with Gasteiger partial charge in [0, 0.05) is 18.7 Å². The highest BCUT2D eigenvalue weighted by Crippen LogP contribution is 2.36. The second-order valence-electron chi connectivity index (χ2n) is 10.8.